The van der Waals surface area contributed by atoms with Crippen LogP contribution in [0.3, 0.4) is 0 Å². The Morgan fingerprint density at radius 3 is 2.56 bits per heavy atom. The Labute approximate surface area is 161 Å². The van der Waals surface area contributed by atoms with E-state index in [1.165, 1.54) is 3.57 Å². The van der Waals surface area contributed by atoms with Gasteiger partial charge in [0.2, 0.25) is 0 Å². The molecule has 0 bridgehead atoms. The molecule has 0 saturated carbocycles. The highest BCUT2D eigenvalue weighted by molar-refractivity contribution is 14.1. The molecule has 0 radical (unpaired) electrons. The van der Waals surface area contributed by atoms with Crippen molar-refractivity contribution in [1.29, 1.82) is 0 Å². The highest BCUT2D eigenvalue weighted by Crippen LogP contribution is 2.24. The predicted molar refractivity (Wildman–Crippen MR) is 106 cm³/mol. The normalized spacial score (nSPS) is 10.7. The van der Waals surface area contributed by atoms with Gasteiger partial charge >= 0.3 is 0 Å². The highest BCUT2D eigenvalue weighted by atomic mass is 127. The minimum atomic E-state index is 0.710. The summed E-state index contributed by atoms with van der Waals surface area (Å²) in [6.45, 7) is 1.45. The first-order valence-corrected chi connectivity index (χ1v) is 8.98. The molecule has 5 nitrogen and oxygen atoms in total. The fourth-order valence-electron chi connectivity index (χ4n) is 2.53. The second kappa shape index (κ2) is 8.35. The van der Waals surface area contributed by atoms with Gasteiger partial charge < -0.3 is 14.8 Å². The maximum atomic E-state index is 5.43. The Morgan fingerprint density at radius 1 is 1.04 bits per heavy atom. The third-order valence-corrected chi connectivity index (χ3v) is 4.59. The van der Waals surface area contributed by atoms with Crippen LogP contribution in [0.4, 0.5) is 0 Å². The zero-order chi connectivity index (χ0) is 17.6. The van der Waals surface area contributed by atoms with Crippen molar-refractivity contribution in [3.8, 4) is 17.2 Å². The fourth-order valence-corrected chi connectivity index (χ4v) is 2.89. The molecule has 3 aromatic rings. The first-order valence-electron chi connectivity index (χ1n) is 7.90. The molecule has 1 N–H and O–H groups in total. The van der Waals surface area contributed by atoms with Gasteiger partial charge in [-0.25, -0.2) is 4.68 Å². The maximum absolute atomic E-state index is 5.43. The quantitative estimate of drug-likeness (QED) is 0.558. The molecular weight excluding hydrogens is 429 g/mol. The molecule has 1 heterocycles. The second-order valence-corrected chi connectivity index (χ2v) is 6.80. The van der Waals surface area contributed by atoms with E-state index in [9.17, 15) is 0 Å². The summed E-state index contributed by atoms with van der Waals surface area (Å²) in [6.07, 6.45) is 3.93. The summed E-state index contributed by atoms with van der Waals surface area (Å²) in [6, 6.07) is 14.1. The van der Waals surface area contributed by atoms with Crippen molar-refractivity contribution >= 4 is 22.6 Å². The van der Waals surface area contributed by atoms with Crippen LogP contribution in [0.25, 0.3) is 5.69 Å². The fraction of sp³-hybridized carbons (Fsp3) is 0.211. The Kier molecular flexibility index (Phi) is 5.93. The third kappa shape index (κ3) is 4.52. The van der Waals surface area contributed by atoms with E-state index in [0.717, 1.165) is 34.9 Å². The summed E-state index contributed by atoms with van der Waals surface area (Å²) in [4.78, 5) is 0. The van der Waals surface area contributed by atoms with Crippen molar-refractivity contribution in [2.45, 2.75) is 13.1 Å². The third-order valence-electron chi connectivity index (χ3n) is 3.87. The average molecular weight is 449 g/mol. The molecule has 6 heteroatoms. The van der Waals surface area contributed by atoms with Crippen LogP contribution >= 0.6 is 22.6 Å². The van der Waals surface area contributed by atoms with Gasteiger partial charge in [0.05, 0.1) is 26.1 Å². The molecule has 0 aliphatic carbocycles. The number of hydrogen-bond acceptors (Lipinski definition) is 4. The van der Waals surface area contributed by atoms with E-state index in [0.29, 0.717) is 6.54 Å². The van der Waals surface area contributed by atoms with Gasteiger partial charge in [0.25, 0.3) is 0 Å². The molecule has 1 aromatic heterocycles. The van der Waals surface area contributed by atoms with Gasteiger partial charge in [-0.3, -0.25) is 0 Å². The summed E-state index contributed by atoms with van der Waals surface area (Å²) in [5.41, 5.74) is 3.28. The number of hydrogen-bond donors (Lipinski definition) is 1. The Morgan fingerprint density at radius 2 is 1.84 bits per heavy atom. The van der Waals surface area contributed by atoms with Crippen molar-refractivity contribution < 1.29 is 9.47 Å². The summed E-state index contributed by atoms with van der Waals surface area (Å²) in [5.74, 6) is 1.61. The molecule has 0 aliphatic heterocycles. The summed E-state index contributed by atoms with van der Waals surface area (Å²) >= 11 is 2.30. The minimum absolute atomic E-state index is 0.710. The highest BCUT2D eigenvalue weighted by Gasteiger charge is 2.06. The van der Waals surface area contributed by atoms with Crippen molar-refractivity contribution in [3.05, 3.63) is 69.6 Å². The van der Waals surface area contributed by atoms with Crippen LogP contribution in [0.5, 0.6) is 11.5 Å². The number of benzene rings is 2. The van der Waals surface area contributed by atoms with Crippen LogP contribution in [0.1, 0.15) is 11.1 Å². The maximum Gasteiger partial charge on any atom is 0.127 e. The lowest BCUT2D eigenvalue weighted by atomic mass is 10.2. The Bertz CT molecular complexity index is 831. The van der Waals surface area contributed by atoms with Crippen molar-refractivity contribution in [2.24, 2.45) is 0 Å². The molecule has 0 spiro atoms. The standard InChI is InChI=1S/C19H20IN3O2/c1-24-18-8-3-15(19(9-18)25-2)12-21-10-14-11-22-23(13-14)17-6-4-16(20)5-7-17/h3-9,11,13,21H,10,12H2,1-2H3. The van der Waals surface area contributed by atoms with E-state index in [1.807, 2.05) is 35.3 Å². The number of rotatable bonds is 7. The summed E-state index contributed by atoms with van der Waals surface area (Å²) in [7, 11) is 3.32. The van der Waals surface area contributed by atoms with Gasteiger partial charge in [0, 0.05) is 40.0 Å². The Balaban J connectivity index is 1.60. The molecule has 0 fully saturated rings. The molecule has 0 amide bonds. The molecule has 0 aliphatic rings. The topological polar surface area (TPSA) is 48.3 Å². The van der Waals surface area contributed by atoms with E-state index in [2.05, 4.69) is 57.3 Å². The molecule has 25 heavy (non-hydrogen) atoms. The summed E-state index contributed by atoms with van der Waals surface area (Å²) in [5, 5.41) is 7.86. The SMILES string of the molecule is COc1ccc(CNCc2cnn(-c3ccc(I)cc3)c2)c(OC)c1. The Hall–Kier alpha value is -2.06. The monoisotopic (exact) mass is 449 g/mol. The lowest BCUT2D eigenvalue weighted by Gasteiger charge is -2.11. The molecule has 2 aromatic carbocycles. The molecule has 0 atom stereocenters. The van der Waals surface area contributed by atoms with E-state index in [1.54, 1.807) is 14.2 Å². The smallest absolute Gasteiger partial charge is 0.127 e. The molecule has 0 unspecified atom stereocenters. The van der Waals surface area contributed by atoms with Gasteiger partial charge in [-0.15, -0.1) is 0 Å². The lowest BCUT2D eigenvalue weighted by Crippen LogP contribution is -2.13. The number of nitrogens with one attached hydrogen (secondary N) is 1. The van der Waals surface area contributed by atoms with Crippen molar-refractivity contribution in [1.82, 2.24) is 15.1 Å². The lowest BCUT2D eigenvalue weighted by molar-refractivity contribution is 0.390. The zero-order valence-corrected chi connectivity index (χ0v) is 16.4. The average Bonchev–Trinajstić information content (AvgIpc) is 3.11. The van der Waals surface area contributed by atoms with E-state index in [4.69, 9.17) is 9.47 Å². The van der Waals surface area contributed by atoms with Crippen LogP contribution in [0.2, 0.25) is 0 Å². The van der Waals surface area contributed by atoms with Crippen molar-refractivity contribution in [3.63, 3.8) is 0 Å². The predicted octanol–water partition coefficient (Wildman–Crippen LogP) is 3.78. The van der Waals surface area contributed by atoms with E-state index in [-0.39, 0.29) is 0 Å². The van der Waals surface area contributed by atoms with Gasteiger partial charge in [-0.1, -0.05) is 6.07 Å². The van der Waals surface area contributed by atoms with E-state index >= 15 is 0 Å². The number of halogens is 1. The minimum Gasteiger partial charge on any atom is -0.497 e. The van der Waals surface area contributed by atoms with Gasteiger partial charge in [0.1, 0.15) is 11.5 Å². The van der Waals surface area contributed by atoms with Crippen LogP contribution in [-0.4, -0.2) is 24.0 Å². The number of ether oxygens (including phenoxy) is 2. The number of nitrogens with zero attached hydrogens (tertiary/aromatic N) is 2. The van der Waals surface area contributed by atoms with Crippen LogP contribution < -0.4 is 14.8 Å². The van der Waals surface area contributed by atoms with E-state index < -0.39 is 0 Å². The first-order chi connectivity index (χ1) is 12.2. The molecule has 130 valence electrons. The number of methoxy groups -OCH3 is 2. The number of aromatic nitrogens is 2. The van der Waals surface area contributed by atoms with Crippen molar-refractivity contribution in [2.75, 3.05) is 14.2 Å². The zero-order valence-electron chi connectivity index (χ0n) is 14.2. The molecule has 0 saturated heterocycles. The second-order valence-electron chi connectivity index (χ2n) is 5.55. The van der Waals surface area contributed by atoms with Crippen LogP contribution in [0.15, 0.2) is 54.9 Å². The van der Waals surface area contributed by atoms with Gasteiger partial charge in [-0.2, -0.15) is 5.10 Å². The van der Waals surface area contributed by atoms with Crippen LogP contribution in [-0.2, 0) is 13.1 Å². The molecular formula is C19H20IN3O2. The largest absolute Gasteiger partial charge is 0.497 e. The van der Waals surface area contributed by atoms with Gasteiger partial charge in [-0.05, 0) is 52.9 Å². The van der Waals surface area contributed by atoms with Crippen LogP contribution in [0, 0.1) is 3.57 Å². The summed E-state index contributed by atoms with van der Waals surface area (Å²) < 4.78 is 13.8. The molecule has 3 rings (SSSR count). The van der Waals surface area contributed by atoms with Gasteiger partial charge in [0.15, 0.2) is 0 Å². The first kappa shape index (κ1) is 17.8.